The Morgan fingerprint density at radius 2 is 1.84 bits per heavy atom. The van der Waals surface area contributed by atoms with E-state index in [-0.39, 0.29) is 11.8 Å². The second-order valence-corrected chi connectivity index (χ2v) is 10.2. The number of aryl methyl sites for hydroxylation is 2. The molecule has 6 heteroatoms. The summed E-state index contributed by atoms with van der Waals surface area (Å²) in [5.41, 5.74) is 3.30. The molecule has 6 nitrogen and oxygen atoms in total. The van der Waals surface area contributed by atoms with Gasteiger partial charge in [-0.05, 0) is 69.7 Å². The molecule has 0 aliphatic carbocycles. The van der Waals surface area contributed by atoms with Crippen molar-refractivity contribution in [2.24, 2.45) is 5.92 Å². The SMILES string of the molecule is Cc1ccc(C)c(N2CCN(CCCN3C(=O)CC[C@]3(C)C(=O)NCCC(C)C)CC2)c1. The van der Waals surface area contributed by atoms with Crippen LogP contribution in [0.5, 0.6) is 0 Å². The maximum atomic E-state index is 12.9. The van der Waals surface area contributed by atoms with Crippen LogP contribution in [0.2, 0.25) is 0 Å². The molecule has 0 unspecified atom stereocenters. The van der Waals surface area contributed by atoms with E-state index < -0.39 is 5.54 Å². The number of carbonyl (C=O) groups is 2. The average molecular weight is 443 g/mol. The van der Waals surface area contributed by atoms with Crippen molar-refractivity contribution in [3.8, 4) is 0 Å². The van der Waals surface area contributed by atoms with E-state index in [0.29, 0.717) is 31.8 Å². The van der Waals surface area contributed by atoms with Crippen LogP contribution < -0.4 is 10.2 Å². The first-order valence-corrected chi connectivity index (χ1v) is 12.3. The second kappa shape index (κ2) is 10.7. The van der Waals surface area contributed by atoms with Gasteiger partial charge in [-0.15, -0.1) is 0 Å². The van der Waals surface area contributed by atoms with Crippen molar-refractivity contribution in [1.29, 1.82) is 0 Å². The lowest BCUT2D eigenvalue weighted by molar-refractivity contribution is -0.140. The van der Waals surface area contributed by atoms with E-state index in [1.165, 1.54) is 16.8 Å². The van der Waals surface area contributed by atoms with Gasteiger partial charge >= 0.3 is 0 Å². The molecule has 2 fully saturated rings. The minimum absolute atomic E-state index is 0.00568. The first-order chi connectivity index (χ1) is 15.2. The summed E-state index contributed by atoms with van der Waals surface area (Å²) in [6.07, 6.45) is 2.96. The number of carbonyl (C=O) groups excluding carboxylic acids is 2. The monoisotopic (exact) mass is 442 g/mol. The Morgan fingerprint density at radius 3 is 2.53 bits per heavy atom. The van der Waals surface area contributed by atoms with Crippen LogP contribution in [0, 0.1) is 19.8 Å². The number of anilines is 1. The van der Waals surface area contributed by atoms with Crippen LogP contribution in [0.1, 0.15) is 57.6 Å². The summed E-state index contributed by atoms with van der Waals surface area (Å²) in [7, 11) is 0. The van der Waals surface area contributed by atoms with Crippen molar-refractivity contribution in [2.75, 3.05) is 50.7 Å². The number of likely N-dealkylation sites (tertiary alicyclic amines) is 1. The van der Waals surface area contributed by atoms with Crippen LogP contribution in [0.25, 0.3) is 0 Å². The van der Waals surface area contributed by atoms with Crippen LogP contribution in [0.4, 0.5) is 5.69 Å². The number of hydrogen-bond donors (Lipinski definition) is 1. The van der Waals surface area contributed by atoms with E-state index in [4.69, 9.17) is 0 Å². The highest BCUT2D eigenvalue weighted by Crippen LogP contribution is 2.30. The van der Waals surface area contributed by atoms with Crippen molar-refractivity contribution in [3.05, 3.63) is 29.3 Å². The zero-order chi connectivity index (χ0) is 23.3. The molecule has 0 saturated carbocycles. The van der Waals surface area contributed by atoms with Crippen molar-refractivity contribution >= 4 is 17.5 Å². The third-order valence-corrected chi connectivity index (χ3v) is 7.15. The Kier molecular flexibility index (Phi) is 8.21. The van der Waals surface area contributed by atoms with Crippen molar-refractivity contribution in [1.82, 2.24) is 15.1 Å². The fourth-order valence-corrected chi connectivity index (χ4v) is 4.89. The number of nitrogens with one attached hydrogen (secondary N) is 1. The van der Waals surface area contributed by atoms with Gasteiger partial charge in [0.1, 0.15) is 5.54 Å². The van der Waals surface area contributed by atoms with Crippen molar-refractivity contribution in [3.63, 3.8) is 0 Å². The molecule has 178 valence electrons. The number of hydrogen-bond acceptors (Lipinski definition) is 4. The summed E-state index contributed by atoms with van der Waals surface area (Å²) in [6.45, 7) is 17.0. The lowest BCUT2D eigenvalue weighted by atomic mass is 9.97. The smallest absolute Gasteiger partial charge is 0.245 e. The van der Waals surface area contributed by atoms with Gasteiger partial charge in [-0.3, -0.25) is 14.5 Å². The predicted molar refractivity (Wildman–Crippen MR) is 131 cm³/mol. The molecular formula is C26H42N4O2. The summed E-state index contributed by atoms with van der Waals surface area (Å²) in [5.74, 6) is 0.678. The van der Waals surface area contributed by atoms with Gasteiger partial charge in [0.05, 0.1) is 0 Å². The molecule has 0 aromatic heterocycles. The van der Waals surface area contributed by atoms with Gasteiger partial charge in [-0.2, -0.15) is 0 Å². The van der Waals surface area contributed by atoms with Crippen LogP contribution in [0.3, 0.4) is 0 Å². The molecular weight excluding hydrogens is 400 g/mol. The van der Waals surface area contributed by atoms with Gasteiger partial charge in [0.25, 0.3) is 0 Å². The molecule has 2 aliphatic heterocycles. The lowest BCUT2D eigenvalue weighted by Crippen LogP contribution is -2.55. The third kappa shape index (κ3) is 5.83. The van der Waals surface area contributed by atoms with Crippen LogP contribution in [0.15, 0.2) is 18.2 Å². The Balaban J connectivity index is 1.46. The van der Waals surface area contributed by atoms with Gasteiger partial charge < -0.3 is 15.1 Å². The molecule has 2 heterocycles. The van der Waals surface area contributed by atoms with Crippen LogP contribution in [-0.2, 0) is 9.59 Å². The molecule has 1 atom stereocenters. The third-order valence-electron chi connectivity index (χ3n) is 7.15. The quantitative estimate of drug-likeness (QED) is 0.637. The predicted octanol–water partition coefficient (Wildman–Crippen LogP) is 3.36. The number of amides is 2. The summed E-state index contributed by atoms with van der Waals surface area (Å²) < 4.78 is 0. The van der Waals surface area contributed by atoms with Crippen molar-refractivity contribution in [2.45, 2.75) is 65.8 Å². The molecule has 1 aromatic rings. The van der Waals surface area contributed by atoms with E-state index in [1.54, 1.807) is 0 Å². The van der Waals surface area contributed by atoms with Crippen LogP contribution in [-0.4, -0.2) is 73.0 Å². The molecule has 1 aromatic carbocycles. The number of nitrogens with zero attached hydrogens (tertiary/aromatic N) is 3. The molecule has 0 bridgehead atoms. The normalized spacial score (nSPS) is 22.1. The maximum absolute atomic E-state index is 12.9. The van der Waals surface area contributed by atoms with Gasteiger partial charge in [-0.1, -0.05) is 26.0 Å². The largest absolute Gasteiger partial charge is 0.369 e. The van der Waals surface area contributed by atoms with E-state index in [9.17, 15) is 9.59 Å². The Bertz CT molecular complexity index is 801. The molecule has 2 saturated heterocycles. The topological polar surface area (TPSA) is 55.9 Å². The molecule has 2 amide bonds. The van der Waals surface area contributed by atoms with E-state index in [0.717, 1.165) is 45.6 Å². The standard InChI is InChI=1S/C26H42N4O2/c1-20(2)10-12-27-25(32)26(5)11-9-24(31)30(26)14-6-13-28-15-17-29(18-16-28)23-19-21(3)7-8-22(23)4/h7-8,19-20H,6,9-18H2,1-5H3,(H,27,32)/t26-/m1/s1. The van der Waals surface area contributed by atoms with Gasteiger partial charge in [0, 0.05) is 51.4 Å². The Labute approximate surface area is 194 Å². The summed E-state index contributed by atoms with van der Waals surface area (Å²) >= 11 is 0. The van der Waals surface area contributed by atoms with E-state index >= 15 is 0 Å². The van der Waals surface area contributed by atoms with Gasteiger partial charge in [-0.25, -0.2) is 0 Å². The van der Waals surface area contributed by atoms with Gasteiger partial charge in [0.2, 0.25) is 11.8 Å². The zero-order valence-corrected chi connectivity index (χ0v) is 20.7. The fraction of sp³-hybridized carbons (Fsp3) is 0.692. The fourth-order valence-electron chi connectivity index (χ4n) is 4.89. The summed E-state index contributed by atoms with van der Waals surface area (Å²) in [6, 6.07) is 6.67. The molecule has 3 rings (SSSR count). The van der Waals surface area contributed by atoms with E-state index in [2.05, 4.69) is 61.0 Å². The van der Waals surface area contributed by atoms with E-state index in [1.807, 2.05) is 11.8 Å². The number of rotatable bonds is 9. The highest BCUT2D eigenvalue weighted by Gasteiger charge is 2.46. The Morgan fingerprint density at radius 1 is 1.12 bits per heavy atom. The van der Waals surface area contributed by atoms with Gasteiger partial charge in [0.15, 0.2) is 0 Å². The number of benzene rings is 1. The highest BCUT2D eigenvalue weighted by molar-refractivity contribution is 5.94. The molecule has 32 heavy (non-hydrogen) atoms. The van der Waals surface area contributed by atoms with Crippen molar-refractivity contribution < 1.29 is 9.59 Å². The zero-order valence-electron chi connectivity index (χ0n) is 20.7. The minimum atomic E-state index is -0.699. The summed E-state index contributed by atoms with van der Waals surface area (Å²) in [4.78, 5) is 32.2. The lowest BCUT2D eigenvalue weighted by Gasteiger charge is -2.38. The molecule has 2 aliphatic rings. The minimum Gasteiger partial charge on any atom is -0.369 e. The molecule has 0 radical (unpaired) electrons. The first kappa shape index (κ1) is 24.6. The maximum Gasteiger partial charge on any atom is 0.245 e. The summed E-state index contributed by atoms with van der Waals surface area (Å²) in [5, 5.41) is 3.07. The first-order valence-electron chi connectivity index (χ1n) is 12.3. The Hall–Kier alpha value is -2.08. The van der Waals surface area contributed by atoms with Crippen LogP contribution >= 0.6 is 0 Å². The molecule has 0 spiro atoms. The molecule has 1 N–H and O–H groups in total. The average Bonchev–Trinajstić information content (AvgIpc) is 3.05. The number of piperazine rings is 1. The highest BCUT2D eigenvalue weighted by atomic mass is 16.2. The second-order valence-electron chi connectivity index (χ2n) is 10.2.